The number of aliphatic hydroxyl groups is 11. The molecule has 0 aromatic rings. The van der Waals surface area contributed by atoms with Gasteiger partial charge in [-0.2, -0.15) is 0 Å². The van der Waals surface area contributed by atoms with Gasteiger partial charge in [0.25, 0.3) is 0 Å². The number of rotatable bonds is 11. The topological polar surface area (TPSA) is 345 Å². The highest BCUT2D eigenvalue weighted by molar-refractivity contribution is 5.73. The lowest BCUT2D eigenvalue weighted by molar-refractivity contribution is -0.382. The van der Waals surface area contributed by atoms with Gasteiger partial charge in [0.15, 0.2) is 25.2 Å². The van der Waals surface area contributed by atoms with Gasteiger partial charge in [0.2, 0.25) is 11.8 Å². The Labute approximate surface area is 285 Å². The molecule has 4 saturated heterocycles. The van der Waals surface area contributed by atoms with Crippen LogP contribution in [0.2, 0.25) is 0 Å². The molecule has 0 aliphatic carbocycles. The van der Waals surface area contributed by atoms with Crippen LogP contribution in [0.15, 0.2) is 0 Å². The number of nitrogens with one attached hydrogen (secondary N) is 2. The van der Waals surface area contributed by atoms with Gasteiger partial charge in [0.1, 0.15) is 91.4 Å². The van der Waals surface area contributed by atoms with E-state index in [1.54, 1.807) is 0 Å². The van der Waals surface area contributed by atoms with Crippen LogP contribution in [0, 0.1) is 0 Å². The normalized spacial score (nSPS) is 48.5. The third-order valence-corrected chi connectivity index (χ3v) is 8.97. The van der Waals surface area contributed by atoms with Gasteiger partial charge >= 0.3 is 0 Å². The van der Waals surface area contributed by atoms with Crippen LogP contribution in [0.3, 0.4) is 0 Å². The first-order valence-electron chi connectivity index (χ1n) is 15.9. The van der Waals surface area contributed by atoms with Gasteiger partial charge in [-0.3, -0.25) is 9.59 Å². The molecule has 50 heavy (non-hydrogen) atoms. The molecule has 22 heteroatoms. The molecule has 0 saturated carbocycles. The summed E-state index contributed by atoms with van der Waals surface area (Å²) < 4.78 is 40.4. The van der Waals surface area contributed by atoms with E-state index >= 15 is 0 Å². The maximum Gasteiger partial charge on any atom is 0.217 e. The molecular weight excluding hydrogens is 684 g/mol. The molecule has 20 atom stereocenters. The summed E-state index contributed by atoms with van der Waals surface area (Å²) in [5.41, 5.74) is 0. The Hall–Kier alpha value is -1.78. The molecule has 2 amide bonds. The molecule has 4 aliphatic rings. The van der Waals surface area contributed by atoms with Crippen LogP contribution in [-0.4, -0.2) is 211 Å². The largest absolute Gasteiger partial charge is 0.394 e. The van der Waals surface area contributed by atoms with E-state index in [1.807, 2.05) is 0 Å². The van der Waals surface area contributed by atoms with Crippen molar-refractivity contribution < 1.29 is 98.9 Å². The molecule has 0 spiro atoms. The number of carbonyl (C=O) groups is 2. The Morgan fingerprint density at radius 3 is 1.54 bits per heavy atom. The van der Waals surface area contributed by atoms with Crippen LogP contribution in [-0.2, 0) is 42.7 Å². The van der Waals surface area contributed by atoms with Gasteiger partial charge in [-0.1, -0.05) is 0 Å². The summed E-state index contributed by atoms with van der Waals surface area (Å²) in [7, 11) is 0. The van der Waals surface area contributed by atoms with Crippen LogP contribution >= 0.6 is 0 Å². The van der Waals surface area contributed by atoms with Gasteiger partial charge in [-0.25, -0.2) is 0 Å². The Bertz CT molecular complexity index is 1120. The molecule has 13 N–H and O–H groups in total. The van der Waals surface area contributed by atoms with Crippen molar-refractivity contribution in [3.63, 3.8) is 0 Å². The zero-order valence-electron chi connectivity index (χ0n) is 27.3. The van der Waals surface area contributed by atoms with E-state index in [0.29, 0.717) is 0 Å². The maximum atomic E-state index is 12.6. The van der Waals surface area contributed by atoms with Crippen molar-refractivity contribution in [3.05, 3.63) is 0 Å². The summed E-state index contributed by atoms with van der Waals surface area (Å²) in [6, 6.07) is -3.08. The lowest BCUT2D eigenvalue weighted by Crippen LogP contribution is -2.71. The van der Waals surface area contributed by atoms with E-state index in [2.05, 4.69) is 10.6 Å². The zero-order chi connectivity index (χ0) is 37.2. The van der Waals surface area contributed by atoms with Crippen LogP contribution in [0.4, 0.5) is 0 Å². The number of carbonyl (C=O) groups excluding carboxylic acids is 2. The van der Waals surface area contributed by atoms with Crippen molar-refractivity contribution in [1.29, 1.82) is 0 Å². The second-order valence-electron chi connectivity index (χ2n) is 12.6. The Balaban J connectivity index is 1.74. The van der Waals surface area contributed by atoms with Crippen molar-refractivity contribution in [2.45, 2.75) is 143 Å². The highest BCUT2D eigenvalue weighted by atomic mass is 16.8. The fraction of sp³-hybridized carbons (Fsp3) is 0.929. The van der Waals surface area contributed by atoms with Crippen molar-refractivity contribution >= 4 is 11.8 Å². The Kier molecular flexibility index (Phi) is 14.2. The molecule has 4 rings (SSSR count). The summed E-state index contributed by atoms with van der Waals surface area (Å²) in [4.78, 5) is 24.4. The smallest absolute Gasteiger partial charge is 0.217 e. The first kappa shape index (κ1) is 41.0. The van der Waals surface area contributed by atoms with Gasteiger partial charge in [-0.15, -0.1) is 0 Å². The monoisotopic (exact) mass is 732 g/mol. The zero-order valence-corrected chi connectivity index (χ0v) is 27.3. The van der Waals surface area contributed by atoms with Crippen LogP contribution in [0.1, 0.15) is 20.8 Å². The summed E-state index contributed by atoms with van der Waals surface area (Å²) in [5, 5.41) is 119. The molecule has 0 aromatic heterocycles. The predicted molar refractivity (Wildman–Crippen MR) is 156 cm³/mol. The number of hydrogen-bond donors (Lipinski definition) is 13. The maximum absolute atomic E-state index is 12.6. The SMILES string of the molecule is CC(=O)N[C@@H]1[C@@H](O)[C@H](O[C@@H]2O[C@H](CO)[C@@H](O[C@@H]3O[C@H](CO)[C@@H](O)[C@H](O)[C@@H]3O)[C@H](O[C@@H]3O[C@@H](C)[C@@H](O)[C@@H](O)[C@@H]3O)[C@H]2NC(C)=O)[C@@H](CO)O[C@H]1O. The second-order valence-corrected chi connectivity index (χ2v) is 12.6. The van der Waals surface area contributed by atoms with E-state index in [4.69, 9.17) is 33.2 Å². The van der Waals surface area contributed by atoms with Crippen molar-refractivity contribution in [3.8, 4) is 0 Å². The summed E-state index contributed by atoms with van der Waals surface area (Å²) >= 11 is 0. The number of amides is 2. The standard InChI is InChI=1S/C28H48N2O20/c1-7-15(36)18(39)20(41)27(44-7)50-24-14(30-9(3)35)26(48-22-11(5-32)45-25(43)13(17(22)38)29-8(2)34)47-12(6-33)23(24)49-28-21(42)19(40)16(37)10(4-31)46-28/h7,10-28,31-33,36-43H,4-6H2,1-3H3,(H,29,34)(H,30,35)/t7-,10+,11+,12+,13+,14+,15+,16+,17+,18+,19-,20-,21-,22+,23+,24+,25+,26-,27-,28-/m0/s1. The van der Waals surface area contributed by atoms with E-state index in [0.717, 1.165) is 13.8 Å². The molecule has 4 aliphatic heterocycles. The van der Waals surface area contributed by atoms with E-state index in [1.165, 1.54) is 6.92 Å². The molecule has 4 heterocycles. The summed E-state index contributed by atoms with van der Waals surface area (Å²) in [5.74, 6) is -1.42. The molecule has 0 bridgehead atoms. The van der Waals surface area contributed by atoms with E-state index in [9.17, 15) is 65.8 Å². The number of aliphatic hydroxyl groups excluding tert-OH is 11. The van der Waals surface area contributed by atoms with Crippen molar-refractivity contribution in [1.82, 2.24) is 10.6 Å². The van der Waals surface area contributed by atoms with Crippen LogP contribution < -0.4 is 10.6 Å². The minimum absolute atomic E-state index is 0.669. The quantitative estimate of drug-likeness (QED) is 0.0938. The van der Waals surface area contributed by atoms with Crippen molar-refractivity contribution in [2.24, 2.45) is 0 Å². The van der Waals surface area contributed by atoms with Gasteiger partial charge in [-0.05, 0) is 6.92 Å². The molecule has 4 fully saturated rings. The van der Waals surface area contributed by atoms with Gasteiger partial charge < -0.3 is 100.0 Å². The van der Waals surface area contributed by atoms with E-state index < -0.39 is 154 Å². The molecule has 0 aromatic carbocycles. The van der Waals surface area contributed by atoms with Crippen LogP contribution in [0.25, 0.3) is 0 Å². The second kappa shape index (κ2) is 17.4. The molecule has 290 valence electrons. The summed E-state index contributed by atoms with van der Waals surface area (Å²) in [6.45, 7) is 0.940. The van der Waals surface area contributed by atoms with Crippen molar-refractivity contribution in [2.75, 3.05) is 19.8 Å². The predicted octanol–water partition coefficient (Wildman–Crippen LogP) is -8.43. The number of ether oxygens (including phenoxy) is 7. The fourth-order valence-corrected chi connectivity index (χ4v) is 6.29. The first-order valence-corrected chi connectivity index (χ1v) is 15.9. The molecule has 22 nitrogen and oxygen atoms in total. The molecule has 0 unspecified atom stereocenters. The minimum Gasteiger partial charge on any atom is -0.394 e. The minimum atomic E-state index is -1.97. The highest BCUT2D eigenvalue weighted by Crippen LogP contribution is 2.35. The molecular formula is C28H48N2O20. The lowest BCUT2D eigenvalue weighted by atomic mass is 9.93. The average Bonchev–Trinajstić information content (AvgIpc) is 3.07. The van der Waals surface area contributed by atoms with Gasteiger partial charge in [0.05, 0.1) is 25.9 Å². The first-order chi connectivity index (χ1) is 23.5. The third kappa shape index (κ3) is 8.70. The summed E-state index contributed by atoms with van der Waals surface area (Å²) in [6.07, 6.45) is -30.5. The average molecular weight is 733 g/mol. The number of hydrogen-bond acceptors (Lipinski definition) is 20. The molecule has 0 radical (unpaired) electrons. The highest BCUT2D eigenvalue weighted by Gasteiger charge is 2.56. The Morgan fingerprint density at radius 2 is 0.980 bits per heavy atom. The van der Waals surface area contributed by atoms with Gasteiger partial charge in [0, 0.05) is 13.8 Å². The van der Waals surface area contributed by atoms with E-state index in [-0.39, 0.29) is 0 Å². The third-order valence-electron chi connectivity index (χ3n) is 8.97. The fourth-order valence-electron chi connectivity index (χ4n) is 6.29. The Morgan fingerprint density at radius 1 is 0.520 bits per heavy atom. The lowest BCUT2D eigenvalue weighted by Gasteiger charge is -2.51. The van der Waals surface area contributed by atoms with Crippen LogP contribution in [0.5, 0.6) is 0 Å².